The molecule has 0 saturated heterocycles. The van der Waals surface area contributed by atoms with E-state index in [1.165, 1.54) is 7.11 Å². The third-order valence-corrected chi connectivity index (χ3v) is 1.78. The van der Waals surface area contributed by atoms with Gasteiger partial charge in [-0.25, -0.2) is 4.79 Å². The molecule has 0 amide bonds. The lowest BCUT2D eigenvalue weighted by Gasteiger charge is -2.00. The van der Waals surface area contributed by atoms with Crippen LogP contribution in [0.4, 0.5) is 0 Å². The highest BCUT2D eigenvalue weighted by molar-refractivity contribution is 5.89. The number of rotatable bonds is 3. The molecule has 1 aromatic carbocycles. The maximum absolute atomic E-state index is 11.2. The molecule has 74 valence electrons. The molecule has 0 bridgehead atoms. The summed E-state index contributed by atoms with van der Waals surface area (Å²) in [5.41, 5.74) is 1.51. The average Bonchev–Trinajstić information content (AvgIpc) is 2.25. The minimum Gasteiger partial charge on any atom is -0.465 e. The molecule has 4 heteroatoms. The molecule has 1 rings (SSSR count). The molecule has 2 N–H and O–H groups in total. The third kappa shape index (κ3) is 2.58. The van der Waals surface area contributed by atoms with Crippen molar-refractivity contribution < 1.29 is 9.53 Å². The Kier molecular flexibility index (Phi) is 3.67. The second-order valence-corrected chi connectivity index (χ2v) is 2.73. The number of carbonyl (C=O) groups is 1. The van der Waals surface area contributed by atoms with Gasteiger partial charge in [0.05, 0.1) is 12.7 Å². The fraction of sp³-hybridized carbons (Fsp3) is 0.200. The number of ether oxygens (including phenoxy) is 1. The Morgan fingerprint density at radius 1 is 1.64 bits per heavy atom. The third-order valence-electron chi connectivity index (χ3n) is 1.78. The molecule has 0 aliphatic rings. The quantitative estimate of drug-likeness (QED) is 0.336. The predicted molar refractivity (Wildman–Crippen MR) is 54.2 cm³/mol. The number of esters is 1. The van der Waals surface area contributed by atoms with Crippen LogP contribution in [0, 0.1) is 0 Å². The minimum absolute atomic E-state index is 0.337. The van der Waals surface area contributed by atoms with E-state index in [0.29, 0.717) is 12.0 Å². The Bertz CT molecular complexity index is 348. The van der Waals surface area contributed by atoms with E-state index in [0.717, 1.165) is 5.56 Å². The van der Waals surface area contributed by atoms with E-state index in [2.05, 4.69) is 9.84 Å². The molecular formula is C10H12N2O2. The SMILES string of the molecule is COC(=O)c1cccc(CC=NN)c1. The Labute approximate surface area is 82.4 Å². The lowest BCUT2D eigenvalue weighted by molar-refractivity contribution is 0.0600. The molecule has 0 aromatic heterocycles. The molecule has 0 atom stereocenters. The highest BCUT2D eigenvalue weighted by atomic mass is 16.5. The van der Waals surface area contributed by atoms with Gasteiger partial charge in [0, 0.05) is 12.6 Å². The van der Waals surface area contributed by atoms with Crippen molar-refractivity contribution in [3.05, 3.63) is 35.4 Å². The summed E-state index contributed by atoms with van der Waals surface area (Å²) in [7, 11) is 1.36. The molecule has 0 saturated carbocycles. The number of carbonyl (C=O) groups excluding carboxylic acids is 1. The van der Waals surface area contributed by atoms with Gasteiger partial charge >= 0.3 is 5.97 Å². The zero-order valence-corrected chi connectivity index (χ0v) is 7.93. The summed E-state index contributed by atoms with van der Waals surface area (Å²) >= 11 is 0. The summed E-state index contributed by atoms with van der Waals surface area (Å²) in [6.45, 7) is 0. The second kappa shape index (κ2) is 5.01. The smallest absolute Gasteiger partial charge is 0.337 e. The number of benzene rings is 1. The van der Waals surface area contributed by atoms with Crippen molar-refractivity contribution in [3.8, 4) is 0 Å². The van der Waals surface area contributed by atoms with Gasteiger partial charge in [0.25, 0.3) is 0 Å². The van der Waals surface area contributed by atoms with Gasteiger partial charge in [-0.3, -0.25) is 0 Å². The van der Waals surface area contributed by atoms with Gasteiger partial charge < -0.3 is 10.6 Å². The number of nitrogens with two attached hydrogens (primary N) is 1. The maximum Gasteiger partial charge on any atom is 0.337 e. The zero-order valence-electron chi connectivity index (χ0n) is 7.93. The van der Waals surface area contributed by atoms with Crippen LogP contribution in [-0.2, 0) is 11.2 Å². The molecule has 0 aliphatic heterocycles. The fourth-order valence-corrected chi connectivity index (χ4v) is 1.10. The first-order valence-corrected chi connectivity index (χ1v) is 4.17. The van der Waals surface area contributed by atoms with Crippen LogP contribution >= 0.6 is 0 Å². The zero-order chi connectivity index (χ0) is 10.4. The summed E-state index contributed by atoms with van der Waals surface area (Å²) in [6, 6.07) is 7.16. The Balaban J connectivity index is 2.83. The van der Waals surface area contributed by atoms with Crippen molar-refractivity contribution in [2.75, 3.05) is 7.11 Å². The predicted octanol–water partition coefficient (Wildman–Crippen LogP) is 0.960. The Morgan fingerprint density at radius 2 is 2.43 bits per heavy atom. The standard InChI is InChI=1S/C10H12N2O2/c1-14-10(13)9-4-2-3-8(7-9)5-6-12-11/h2-4,6-7H,5,11H2,1H3. The second-order valence-electron chi connectivity index (χ2n) is 2.73. The highest BCUT2D eigenvalue weighted by Gasteiger charge is 2.04. The van der Waals surface area contributed by atoms with Crippen molar-refractivity contribution in [2.45, 2.75) is 6.42 Å². The van der Waals surface area contributed by atoms with Crippen LogP contribution in [0.2, 0.25) is 0 Å². The largest absolute Gasteiger partial charge is 0.465 e. The maximum atomic E-state index is 11.2. The van der Waals surface area contributed by atoms with Crippen molar-refractivity contribution in [2.24, 2.45) is 10.9 Å². The van der Waals surface area contributed by atoms with Crippen LogP contribution < -0.4 is 5.84 Å². The Morgan fingerprint density at radius 3 is 3.07 bits per heavy atom. The summed E-state index contributed by atoms with van der Waals surface area (Å²) in [5, 5.41) is 3.38. The van der Waals surface area contributed by atoms with Crippen LogP contribution in [0.15, 0.2) is 29.4 Å². The van der Waals surface area contributed by atoms with Crippen LogP contribution in [-0.4, -0.2) is 19.3 Å². The minimum atomic E-state index is -0.337. The average molecular weight is 192 g/mol. The monoisotopic (exact) mass is 192 g/mol. The summed E-state index contributed by atoms with van der Waals surface area (Å²) < 4.78 is 4.60. The number of hydrazone groups is 1. The van der Waals surface area contributed by atoms with Gasteiger partial charge in [0.2, 0.25) is 0 Å². The highest BCUT2D eigenvalue weighted by Crippen LogP contribution is 2.06. The summed E-state index contributed by atoms with van der Waals surface area (Å²) in [4.78, 5) is 11.2. The van der Waals surface area contributed by atoms with Gasteiger partial charge in [-0.2, -0.15) is 5.10 Å². The van der Waals surface area contributed by atoms with Gasteiger partial charge in [0.1, 0.15) is 0 Å². The number of nitrogens with zero attached hydrogens (tertiary/aromatic N) is 1. The van der Waals surface area contributed by atoms with Gasteiger partial charge in [-0.05, 0) is 17.7 Å². The van der Waals surface area contributed by atoms with Crippen LogP contribution in [0.3, 0.4) is 0 Å². The lowest BCUT2D eigenvalue weighted by atomic mass is 10.1. The molecular weight excluding hydrogens is 180 g/mol. The molecule has 0 aliphatic carbocycles. The lowest BCUT2D eigenvalue weighted by Crippen LogP contribution is -2.01. The van der Waals surface area contributed by atoms with Crippen molar-refractivity contribution in [3.63, 3.8) is 0 Å². The molecule has 0 heterocycles. The van der Waals surface area contributed by atoms with Gasteiger partial charge in [0.15, 0.2) is 0 Å². The molecule has 0 fully saturated rings. The van der Waals surface area contributed by atoms with E-state index >= 15 is 0 Å². The molecule has 14 heavy (non-hydrogen) atoms. The molecule has 1 aromatic rings. The van der Waals surface area contributed by atoms with E-state index in [9.17, 15) is 4.79 Å². The number of hydrogen-bond donors (Lipinski definition) is 1. The van der Waals surface area contributed by atoms with E-state index < -0.39 is 0 Å². The molecule has 0 spiro atoms. The normalized spacial score (nSPS) is 10.4. The summed E-state index contributed by atoms with van der Waals surface area (Å²) in [5.74, 6) is 4.64. The van der Waals surface area contributed by atoms with Crippen LogP contribution in [0.5, 0.6) is 0 Å². The van der Waals surface area contributed by atoms with E-state index in [-0.39, 0.29) is 5.97 Å². The Hall–Kier alpha value is -1.84. The van der Waals surface area contributed by atoms with Crippen molar-refractivity contribution in [1.82, 2.24) is 0 Å². The van der Waals surface area contributed by atoms with Crippen molar-refractivity contribution >= 4 is 12.2 Å². The van der Waals surface area contributed by atoms with Crippen molar-refractivity contribution in [1.29, 1.82) is 0 Å². The topological polar surface area (TPSA) is 64.7 Å². The first-order valence-electron chi connectivity index (χ1n) is 4.17. The van der Waals surface area contributed by atoms with Gasteiger partial charge in [-0.15, -0.1) is 0 Å². The van der Waals surface area contributed by atoms with E-state index in [1.807, 2.05) is 6.07 Å². The van der Waals surface area contributed by atoms with Crippen LogP contribution in [0.25, 0.3) is 0 Å². The molecule has 4 nitrogen and oxygen atoms in total. The van der Waals surface area contributed by atoms with Gasteiger partial charge in [-0.1, -0.05) is 12.1 Å². The van der Waals surface area contributed by atoms with E-state index in [1.54, 1.807) is 24.4 Å². The number of hydrogen-bond acceptors (Lipinski definition) is 4. The first kappa shape index (κ1) is 10.2. The molecule has 0 unspecified atom stereocenters. The molecule has 0 radical (unpaired) electrons. The van der Waals surface area contributed by atoms with Crippen LogP contribution in [0.1, 0.15) is 15.9 Å². The fourth-order valence-electron chi connectivity index (χ4n) is 1.10. The first-order chi connectivity index (χ1) is 6.77. The number of methoxy groups -OCH3 is 1. The summed E-state index contributed by atoms with van der Waals surface area (Å²) in [6.07, 6.45) is 2.19. The van der Waals surface area contributed by atoms with E-state index in [4.69, 9.17) is 5.84 Å².